The van der Waals surface area contributed by atoms with Crippen LogP contribution in [0.3, 0.4) is 0 Å². The molecule has 1 aromatic heterocycles. The molecule has 13 heteroatoms. The van der Waals surface area contributed by atoms with E-state index < -0.39 is 24.1 Å². The van der Waals surface area contributed by atoms with E-state index in [2.05, 4.69) is 0 Å². The first kappa shape index (κ1) is 31.4. The zero-order valence-corrected chi connectivity index (χ0v) is 24.2. The van der Waals surface area contributed by atoms with Gasteiger partial charge in [0.2, 0.25) is 5.75 Å². The number of carboxylic acids is 1. The van der Waals surface area contributed by atoms with Crippen LogP contribution in [0.5, 0.6) is 28.7 Å². The van der Waals surface area contributed by atoms with Gasteiger partial charge >= 0.3 is 11.9 Å². The van der Waals surface area contributed by atoms with Gasteiger partial charge in [-0.25, -0.2) is 9.59 Å². The fourth-order valence-corrected chi connectivity index (χ4v) is 4.49. The maximum absolute atomic E-state index is 14.1. The van der Waals surface area contributed by atoms with Crippen LogP contribution < -0.4 is 35.0 Å². The summed E-state index contributed by atoms with van der Waals surface area (Å²) in [6, 6.07) is 12.5. The number of aliphatic carboxylic acids is 1. The number of aromatic nitrogens is 1. The number of nitrogens with two attached hydrogens (primary N) is 1. The molecule has 0 saturated heterocycles. The molecular formula is C29H29ClN2O10. The van der Waals surface area contributed by atoms with Crippen molar-refractivity contribution in [3.8, 4) is 45.6 Å². The Hall–Kier alpha value is -5.10. The van der Waals surface area contributed by atoms with Gasteiger partial charge in [0.25, 0.3) is 5.56 Å². The SMILES string of the molecule is COC(=O)c1c(-c2cc(OC)c(OC)c(OC)c2)c2cc(OC)c(OCC(=O)O)cc2c(=O)n1-c1ccc(N)cc1.Cl. The van der Waals surface area contributed by atoms with E-state index in [-0.39, 0.29) is 45.9 Å². The van der Waals surface area contributed by atoms with Crippen molar-refractivity contribution in [3.05, 3.63) is 64.6 Å². The average molecular weight is 601 g/mol. The number of hydrogen-bond acceptors (Lipinski definition) is 10. The Balaban J connectivity index is 0.00000484. The van der Waals surface area contributed by atoms with Crippen LogP contribution in [0.4, 0.5) is 5.69 Å². The van der Waals surface area contributed by atoms with Crippen LogP contribution in [0.1, 0.15) is 10.5 Å². The van der Waals surface area contributed by atoms with Gasteiger partial charge in [-0.3, -0.25) is 9.36 Å². The number of pyridine rings is 1. The number of benzene rings is 3. The van der Waals surface area contributed by atoms with Crippen molar-refractivity contribution in [2.75, 3.05) is 47.9 Å². The van der Waals surface area contributed by atoms with Crippen molar-refractivity contribution in [1.29, 1.82) is 0 Å². The second-order valence-electron chi connectivity index (χ2n) is 8.59. The van der Waals surface area contributed by atoms with Crippen molar-refractivity contribution in [2.24, 2.45) is 0 Å². The first-order chi connectivity index (χ1) is 19.7. The number of esters is 1. The van der Waals surface area contributed by atoms with Crippen LogP contribution in [0, 0.1) is 0 Å². The number of halogens is 1. The molecule has 1 heterocycles. The predicted molar refractivity (Wildman–Crippen MR) is 157 cm³/mol. The molecule has 0 unspecified atom stereocenters. The molecule has 0 bridgehead atoms. The van der Waals surface area contributed by atoms with Crippen molar-refractivity contribution < 1.29 is 43.1 Å². The van der Waals surface area contributed by atoms with E-state index in [9.17, 15) is 14.4 Å². The van der Waals surface area contributed by atoms with Gasteiger partial charge < -0.3 is 39.3 Å². The Morgan fingerprint density at radius 2 is 1.38 bits per heavy atom. The van der Waals surface area contributed by atoms with E-state index in [0.717, 1.165) is 0 Å². The van der Waals surface area contributed by atoms with Crippen LogP contribution in [0.15, 0.2) is 53.3 Å². The van der Waals surface area contributed by atoms with Gasteiger partial charge in [-0.05, 0) is 54.1 Å². The lowest BCUT2D eigenvalue weighted by Gasteiger charge is -2.21. The van der Waals surface area contributed by atoms with Crippen LogP contribution >= 0.6 is 12.4 Å². The fraction of sp³-hybridized carbons (Fsp3) is 0.207. The number of rotatable bonds is 10. The molecule has 0 saturated carbocycles. The standard InChI is InChI=1S/C29H28N2O10.ClH/c1-36-20-12-18-19(13-21(20)41-14-24(32)33)28(34)31(17-8-6-16(30)7-9-17)26(29(35)40-5)25(18)15-10-22(37-2)27(39-4)23(11-15)38-3;/h6-13H,14,30H2,1-5H3,(H,32,33);1H. The average Bonchev–Trinajstić information content (AvgIpc) is 2.98. The van der Waals surface area contributed by atoms with E-state index in [1.807, 2.05) is 0 Å². The highest BCUT2D eigenvalue weighted by atomic mass is 35.5. The van der Waals surface area contributed by atoms with E-state index in [1.54, 1.807) is 36.4 Å². The Morgan fingerprint density at radius 1 is 0.810 bits per heavy atom. The molecule has 0 radical (unpaired) electrons. The molecule has 0 aliphatic heterocycles. The van der Waals surface area contributed by atoms with E-state index in [1.165, 1.54) is 52.2 Å². The molecule has 0 aliphatic rings. The van der Waals surface area contributed by atoms with Gasteiger partial charge in [0.1, 0.15) is 5.69 Å². The summed E-state index contributed by atoms with van der Waals surface area (Å²) >= 11 is 0. The summed E-state index contributed by atoms with van der Waals surface area (Å²) in [6.45, 7) is -0.673. The van der Waals surface area contributed by atoms with Crippen LogP contribution in [-0.2, 0) is 9.53 Å². The molecule has 0 amide bonds. The number of fused-ring (bicyclic) bond motifs is 1. The summed E-state index contributed by atoms with van der Waals surface area (Å²) in [4.78, 5) is 38.8. The maximum Gasteiger partial charge on any atom is 0.355 e. The number of ether oxygens (including phenoxy) is 6. The first-order valence-corrected chi connectivity index (χ1v) is 12.1. The number of anilines is 1. The summed E-state index contributed by atoms with van der Waals surface area (Å²) < 4.78 is 33.8. The number of nitrogen functional groups attached to an aromatic ring is 1. The molecule has 0 aliphatic carbocycles. The molecular weight excluding hydrogens is 572 g/mol. The lowest BCUT2D eigenvalue weighted by Crippen LogP contribution is -2.27. The minimum absolute atomic E-state index is 0. The predicted octanol–water partition coefficient (Wildman–Crippen LogP) is 3.95. The summed E-state index contributed by atoms with van der Waals surface area (Å²) in [7, 11) is 6.92. The third kappa shape index (κ3) is 5.70. The topological polar surface area (TPSA) is 158 Å². The third-order valence-corrected chi connectivity index (χ3v) is 6.30. The number of carbonyl (C=O) groups is 2. The molecule has 42 heavy (non-hydrogen) atoms. The van der Waals surface area contributed by atoms with E-state index in [0.29, 0.717) is 34.2 Å². The normalized spacial score (nSPS) is 10.4. The highest BCUT2D eigenvalue weighted by Crippen LogP contribution is 2.45. The van der Waals surface area contributed by atoms with Crippen LogP contribution in [0.2, 0.25) is 0 Å². The van der Waals surface area contributed by atoms with Gasteiger partial charge in [-0.15, -0.1) is 12.4 Å². The zero-order chi connectivity index (χ0) is 29.8. The molecule has 222 valence electrons. The number of carboxylic acid groups (broad SMARTS) is 1. The lowest BCUT2D eigenvalue weighted by atomic mass is 9.95. The van der Waals surface area contributed by atoms with Crippen molar-refractivity contribution in [2.45, 2.75) is 0 Å². The molecule has 0 atom stereocenters. The Labute approximate surface area is 246 Å². The number of methoxy groups -OCH3 is 5. The van der Waals surface area contributed by atoms with Crippen LogP contribution in [0.25, 0.3) is 27.6 Å². The Kier molecular flexibility index (Phi) is 9.76. The molecule has 0 fully saturated rings. The van der Waals surface area contributed by atoms with Crippen molar-refractivity contribution in [3.63, 3.8) is 0 Å². The highest BCUT2D eigenvalue weighted by molar-refractivity contribution is 6.08. The largest absolute Gasteiger partial charge is 0.493 e. The summed E-state index contributed by atoms with van der Waals surface area (Å²) in [5.41, 5.74) is 6.62. The van der Waals surface area contributed by atoms with Gasteiger partial charge in [0.15, 0.2) is 29.6 Å². The smallest absolute Gasteiger partial charge is 0.355 e. The van der Waals surface area contributed by atoms with E-state index in [4.69, 9.17) is 39.3 Å². The minimum atomic E-state index is -1.22. The van der Waals surface area contributed by atoms with Gasteiger partial charge in [-0.1, -0.05) is 0 Å². The number of hydrogen-bond donors (Lipinski definition) is 2. The second kappa shape index (κ2) is 13.0. The van der Waals surface area contributed by atoms with Crippen LogP contribution in [-0.4, -0.2) is 63.8 Å². The molecule has 3 N–H and O–H groups in total. The van der Waals surface area contributed by atoms with Crippen molar-refractivity contribution in [1.82, 2.24) is 4.57 Å². The highest BCUT2D eigenvalue weighted by Gasteiger charge is 2.28. The fourth-order valence-electron chi connectivity index (χ4n) is 4.49. The second-order valence-corrected chi connectivity index (χ2v) is 8.59. The monoisotopic (exact) mass is 600 g/mol. The van der Waals surface area contributed by atoms with Gasteiger partial charge in [0, 0.05) is 22.3 Å². The Bertz CT molecular complexity index is 1680. The minimum Gasteiger partial charge on any atom is -0.493 e. The van der Waals surface area contributed by atoms with Gasteiger partial charge in [0.05, 0.1) is 40.9 Å². The summed E-state index contributed by atoms with van der Waals surface area (Å²) in [5.74, 6) is -0.969. The number of carbonyl (C=O) groups excluding carboxylic acids is 1. The lowest BCUT2D eigenvalue weighted by molar-refractivity contribution is -0.139. The quantitative estimate of drug-likeness (QED) is 0.200. The van der Waals surface area contributed by atoms with Gasteiger partial charge in [-0.2, -0.15) is 0 Å². The van der Waals surface area contributed by atoms with Crippen molar-refractivity contribution >= 4 is 40.8 Å². The molecule has 3 aromatic carbocycles. The summed E-state index contributed by atoms with van der Waals surface area (Å²) in [6.07, 6.45) is 0. The zero-order valence-electron chi connectivity index (χ0n) is 23.4. The number of nitrogens with zero attached hydrogens (tertiary/aromatic N) is 1. The third-order valence-electron chi connectivity index (χ3n) is 6.30. The maximum atomic E-state index is 14.1. The molecule has 12 nitrogen and oxygen atoms in total. The first-order valence-electron chi connectivity index (χ1n) is 12.1. The molecule has 0 spiro atoms. The molecule has 4 rings (SSSR count). The van der Waals surface area contributed by atoms with E-state index >= 15 is 0 Å². The Morgan fingerprint density at radius 3 is 1.88 bits per heavy atom. The molecule has 4 aromatic rings. The summed E-state index contributed by atoms with van der Waals surface area (Å²) in [5, 5.41) is 9.54.